The molecule has 1 aliphatic carbocycles. The molecule has 3 N–H and O–H groups in total. The number of fused-ring (bicyclic) bond motifs is 1. The van der Waals surface area contributed by atoms with Gasteiger partial charge in [-0.2, -0.15) is 0 Å². The molecule has 1 saturated carbocycles. The fourth-order valence-electron chi connectivity index (χ4n) is 2.87. The standard InChI is InChI=1S/C11H19NO4/c1-6(15)12-10-7-3-11(7,2)9(5-14)16-8(10)4-13/h7-10,13-14H,3-5H2,1-2H3,(H,12,15). The van der Waals surface area contributed by atoms with E-state index in [-0.39, 0.29) is 36.7 Å². The molecular formula is C11H19NO4. The van der Waals surface area contributed by atoms with Gasteiger partial charge >= 0.3 is 0 Å². The van der Waals surface area contributed by atoms with Gasteiger partial charge in [0.15, 0.2) is 0 Å². The molecular weight excluding hydrogens is 210 g/mol. The minimum atomic E-state index is -0.401. The molecule has 1 saturated heterocycles. The summed E-state index contributed by atoms with van der Waals surface area (Å²) < 4.78 is 5.64. The van der Waals surface area contributed by atoms with Crippen LogP contribution in [-0.4, -0.2) is 47.6 Å². The van der Waals surface area contributed by atoms with E-state index in [1.54, 1.807) is 0 Å². The van der Waals surface area contributed by atoms with Gasteiger partial charge in [-0.15, -0.1) is 0 Å². The predicted octanol–water partition coefficient (Wildman–Crippen LogP) is -0.731. The summed E-state index contributed by atoms with van der Waals surface area (Å²) in [5, 5.41) is 21.3. The normalized spacial score (nSPS) is 46.0. The Morgan fingerprint density at radius 2 is 2.19 bits per heavy atom. The van der Waals surface area contributed by atoms with Gasteiger partial charge in [-0.3, -0.25) is 4.79 Å². The molecule has 2 fully saturated rings. The zero-order valence-corrected chi connectivity index (χ0v) is 9.64. The number of ether oxygens (including phenoxy) is 1. The van der Waals surface area contributed by atoms with Gasteiger partial charge < -0.3 is 20.3 Å². The van der Waals surface area contributed by atoms with Gasteiger partial charge in [-0.05, 0) is 12.3 Å². The zero-order valence-electron chi connectivity index (χ0n) is 9.64. The highest BCUT2D eigenvalue weighted by atomic mass is 16.5. The fraction of sp³-hybridized carbons (Fsp3) is 0.909. The van der Waals surface area contributed by atoms with E-state index in [0.29, 0.717) is 5.92 Å². The van der Waals surface area contributed by atoms with Gasteiger partial charge in [0, 0.05) is 12.3 Å². The Hall–Kier alpha value is -0.650. The van der Waals surface area contributed by atoms with E-state index >= 15 is 0 Å². The van der Waals surface area contributed by atoms with Crippen molar-refractivity contribution in [3.05, 3.63) is 0 Å². The molecule has 0 radical (unpaired) electrons. The van der Waals surface area contributed by atoms with Crippen LogP contribution in [0, 0.1) is 11.3 Å². The van der Waals surface area contributed by atoms with Gasteiger partial charge in [0.1, 0.15) is 6.10 Å². The van der Waals surface area contributed by atoms with Gasteiger partial charge in [0.05, 0.1) is 25.4 Å². The molecule has 0 spiro atoms. The lowest BCUT2D eigenvalue weighted by Gasteiger charge is -2.38. The second kappa shape index (κ2) is 3.98. The Labute approximate surface area is 94.8 Å². The lowest BCUT2D eigenvalue weighted by Crippen LogP contribution is -2.54. The Balaban J connectivity index is 2.11. The van der Waals surface area contributed by atoms with Crippen LogP contribution in [0.1, 0.15) is 20.3 Å². The van der Waals surface area contributed by atoms with Crippen LogP contribution in [0.15, 0.2) is 0 Å². The Bertz CT molecular complexity index is 294. The Morgan fingerprint density at radius 1 is 1.50 bits per heavy atom. The van der Waals surface area contributed by atoms with Crippen LogP contribution < -0.4 is 5.32 Å². The molecule has 1 heterocycles. The molecule has 1 aliphatic heterocycles. The van der Waals surface area contributed by atoms with Crippen molar-refractivity contribution in [3.8, 4) is 0 Å². The maximum Gasteiger partial charge on any atom is 0.217 e. The summed E-state index contributed by atoms with van der Waals surface area (Å²) in [6.07, 6.45) is 0.306. The molecule has 92 valence electrons. The van der Waals surface area contributed by atoms with Crippen molar-refractivity contribution in [3.63, 3.8) is 0 Å². The molecule has 16 heavy (non-hydrogen) atoms. The second-order valence-corrected chi connectivity index (χ2v) is 5.07. The third-order valence-electron chi connectivity index (χ3n) is 3.97. The molecule has 0 aromatic heterocycles. The Morgan fingerprint density at radius 3 is 2.69 bits per heavy atom. The SMILES string of the molecule is CC(=O)NC1C(CO)OC(CO)C2(C)CC12. The van der Waals surface area contributed by atoms with Crippen molar-refractivity contribution in [2.75, 3.05) is 13.2 Å². The average Bonchev–Trinajstić information content (AvgIpc) is 2.91. The summed E-state index contributed by atoms with van der Waals surface area (Å²) in [5.74, 6) is 0.197. The molecule has 0 aromatic carbocycles. The summed E-state index contributed by atoms with van der Waals surface area (Å²) in [6.45, 7) is 3.36. The van der Waals surface area contributed by atoms with Crippen LogP contribution in [0.2, 0.25) is 0 Å². The molecule has 0 aromatic rings. The highest BCUT2D eigenvalue weighted by Gasteiger charge is 2.64. The van der Waals surface area contributed by atoms with Crippen LogP contribution in [0.3, 0.4) is 0 Å². The average molecular weight is 229 g/mol. The highest BCUT2D eigenvalue weighted by molar-refractivity contribution is 5.73. The first-order valence-corrected chi connectivity index (χ1v) is 5.67. The number of carbonyl (C=O) groups excluding carboxylic acids is 1. The first-order chi connectivity index (χ1) is 7.52. The van der Waals surface area contributed by atoms with E-state index < -0.39 is 6.10 Å². The minimum absolute atomic E-state index is 0.0315. The molecule has 0 bridgehead atoms. The van der Waals surface area contributed by atoms with Gasteiger partial charge in [-0.25, -0.2) is 0 Å². The smallest absolute Gasteiger partial charge is 0.217 e. The maximum atomic E-state index is 11.1. The van der Waals surface area contributed by atoms with Crippen molar-refractivity contribution in [2.24, 2.45) is 11.3 Å². The monoisotopic (exact) mass is 229 g/mol. The molecule has 5 heteroatoms. The van der Waals surface area contributed by atoms with E-state index in [1.165, 1.54) is 6.92 Å². The number of hydrogen-bond acceptors (Lipinski definition) is 4. The minimum Gasteiger partial charge on any atom is -0.394 e. The number of amides is 1. The van der Waals surface area contributed by atoms with Gasteiger partial charge in [-0.1, -0.05) is 6.92 Å². The summed E-state index contributed by atoms with van der Waals surface area (Å²) in [5.41, 5.74) is -0.0481. The molecule has 2 rings (SSSR count). The van der Waals surface area contributed by atoms with E-state index in [9.17, 15) is 15.0 Å². The number of aliphatic hydroxyl groups is 2. The van der Waals surface area contributed by atoms with Crippen LogP contribution in [0.5, 0.6) is 0 Å². The molecule has 1 amide bonds. The van der Waals surface area contributed by atoms with Crippen molar-refractivity contribution in [1.29, 1.82) is 0 Å². The lowest BCUT2D eigenvalue weighted by atomic mass is 9.89. The van der Waals surface area contributed by atoms with Crippen LogP contribution >= 0.6 is 0 Å². The summed E-state index contributed by atoms with van der Waals surface area (Å²) >= 11 is 0. The number of rotatable bonds is 3. The lowest BCUT2D eigenvalue weighted by molar-refractivity contribution is -0.141. The van der Waals surface area contributed by atoms with E-state index in [4.69, 9.17) is 4.74 Å². The van der Waals surface area contributed by atoms with E-state index in [0.717, 1.165) is 6.42 Å². The molecule has 5 unspecified atom stereocenters. The Kier molecular flexibility index (Phi) is 2.94. The van der Waals surface area contributed by atoms with Crippen LogP contribution in [0.4, 0.5) is 0 Å². The third-order valence-corrected chi connectivity index (χ3v) is 3.97. The van der Waals surface area contributed by atoms with Gasteiger partial charge in [0.2, 0.25) is 5.91 Å². The summed E-state index contributed by atoms with van der Waals surface area (Å²) in [7, 11) is 0. The molecule has 2 aliphatic rings. The number of carbonyl (C=O) groups is 1. The van der Waals surface area contributed by atoms with Crippen LogP contribution in [-0.2, 0) is 9.53 Å². The molecule has 5 nitrogen and oxygen atoms in total. The first-order valence-electron chi connectivity index (χ1n) is 5.67. The highest BCUT2D eigenvalue weighted by Crippen LogP contribution is 2.60. The van der Waals surface area contributed by atoms with Crippen molar-refractivity contribution < 1.29 is 19.7 Å². The fourth-order valence-corrected chi connectivity index (χ4v) is 2.87. The largest absolute Gasteiger partial charge is 0.394 e. The van der Waals surface area contributed by atoms with E-state index in [2.05, 4.69) is 12.2 Å². The first kappa shape index (κ1) is 11.8. The van der Waals surface area contributed by atoms with Crippen LogP contribution in [0.25, 0.3) is 0 Å². The predicted molar refractivity (Wildman–Crippen MR) is 56.7 cm³/mol. The number of aliphatic hydroxyl groups excluding tert-OH is 2. The van der Waals surface area contributed by atoms with Crippen molar-refractivity contribution >= 4 is 5.91 Å². The third kappa shape index (κ3) is 1.73. The summed E-state index contributed by atoms with van der Waals surface area (Å²) in [4.78, 5) is 11.1. The topological polar surface area (TPSA) is 78.8 Å². The maximum absolute atomic E-state index is 11.1. The van der Waals surface area contributed by atoms with Crippen molar-refractivity contribution in [2.45, 2.75) is 38.5 Å². The second-order valence-electron chi connectivity index (χ2n) is 5.07. The summed E-state index contributed by atoms with van der Waals surface area (Å²) in [6, 6.07) is -0.129. The zero-order chi connectivity index (χ0) is 11.9. The number of hydrogen-bond donors (Lipinski definition) is 3. The molecule has 5 atom stereocenters. The van der Waals surface area contributed by atoms with Gasteiger partial charge in [0.25, 0.3) is 0 Å². The number of nitrogens with one attached hydrogen (secondary N) is 1. The van der Waals surface area contributed by atoms with Crippen molar-refractivity contribution in [1.82, 2.24) is 5.32 Å². The quantitative estimate of drug-likeness (QED) is 0.596. The van der Waals surface area contributed by atoms with E-state index in [1.807, 2.05) is 0 Å².